The van der Waals surface area contributed by atoms with Crippen LogP contribution in [0.2, 0.25) is 5.02 Å². The Balaban J connectivity index is 1.92. The normalized spacial score (nSPS) is 10.4. The highest BCUT2D eigenvalue weighted by molar-refractivity contribution is 6.30. The van der Waals surface area contributed by atoms with Gasteiger partial charge < -0.3 is 19.4 Å². The molecule has 2 aromatic rings. The number of halogens is 1. The third-order valence-electron chi connectivity index (χ3n) is 3.83. The summed E-state index contributed by atoms with van der Waals surface area (Å²) in [6.07, 6.45) is 0. The Morgan fingerprint density at radius 1 is 1.15 bits per heavy atom. The van der Waals surface area contributed by atoms with Gasteiger partial charge in [-0.3, -0.25) is 9.59 Å². The number of benzene rings is 1. The number of anilines is 1. The van der Waals surface area contributed by atoms with Gasteiger partial charge in [0, 0.05) is 22.1 Å². The summed E-state index contributed by atoms with van der Waals surface area (Å²) in [5, 5.41) is 3.08. The van der Waals surface area contributed by atoms with Crippen LogP contribution in [0.25, 0.3) is 0 Å². The van der Waals surface area contributed by atoms with Gasteiger partial charge in [0.15, 0.2) is 6.61 Å². The van der Waals surface area contributed by atoms with Crippen molar-refractivity contribution in [2.24, 2.45) is 0 Å². The lowest BCUT2D eigenvalue weighted by molar-refractivity contribution is -0.147. The van der Waals surface area contributed by atoms with E-state index in [0.29, 0.717) is 22.0 Å². The van der Waals surface area contributed by atoms with Crippen molar-refractivity contribution in [3.8, 4) is 0 Å². The predicted octanol–water partition coefficient (Wildman–Crippen LogP) is 3.12. The van der Waals surface area contributed by atoms with Crippen molar-refractivity contribution >= 4 is 35.1 Å². The van der Waals surface area contributed by atoms with Gasteiger partial charge in [0.05, 0.1) is 12.2 Å². The van der Waals surface area contributed by atoms with Gasteiger partial charge in [-0.1, -0.05) is 17.7 Å². The van der Waals surface area contributed by atoms with Crippen LogP contribution in [-0.2, 0) is 25.6 Å². The number of amides is 1. The Hall–Kier alpha value is -2.80. The molecule has 1 amide bonds. The van der Waals surface area contributed by atoms with Crippen LogP contribution in [0.15, 0.2) is 30.3 Å². The molecule has 2 rings (SSSR count). The highest BCUT2D eigenvalue weighted by atomic mass is 35.5. The molecule has 0 radical (unpaired) electrons. The van der Waals surface area contributed by atoms with Crippen molar-refractivity contribution in [1.29, 1.82) is 0 Å². The molecule has 0 saturated carbocycles. The molecule has 1 aromatic carbocycles. The first-order valence-corrected chi connectivity index (χ1v) is 8.74. The van der Waals surface area contributed by atoms with Gasteiger partial charge in [-0.2, -0.15) is 0 Å². The molecule has 0 atom stereocenters. The fourth-order valence-corrected chi connectivity index (χ4v) is 2.73. The van der Waals surface area contributed by atoms with E-state index in [-0.39, 0.29) is 13.2 Å². The second-order valence-corrected chi connectivity index (χ2v) is 6.25. The van der Waals surface area contributed by atoms with Crippen molar-refractivity contribution in [2.45, 2.75) is 27.3 Å². The van der Waals surface area contributed by atoms with E-state index in [1.54, 1.807) is 55.7 Å². The summed E-state index contributed by atoms with van der Waals surface area (Å²) >= 11 is 5.85. The predicted molar refractivity (Wildman–Crippen MR) is 101 cm³/mol. The standard InChI is InChI=1S/C19H21ClN2O5/c1-4-26-19(25)16-8-12(2)22(13(16)3)10-18(24)27-11-17(23)21-15-7-5-6-14(20)9-15/h5-9H,4,10-11H2,1-3H3,(H,21,23). The molecule has 0 spiro atoms. The maximum atomic E-state index is 12.1. The Morgan fingerprint density at radius 2 is 1.89 bits per heavy atom. The van der Waals surface area contributed by atoms with Crippen molar-refractivity contribution in [3.05, 3.63) is 52.3 Å². The molecule has 0 fully saturated rings. The number of ether oxygens (including phenoxy) is 2. The molecule has 0 bridgehead atoms. The molecule has 7 nitrogen and oxygen atoms in total. The second kappa shape index (κ2) is 9.23. The van der Waals surface area contributed by atoms with Crippen LogP contribution in [0.4, 0.5) is 5.69 Å². The van der Waals surface area contributed by atoms with E-state index in [2.05, 4.69) is 5.32 Å². The van der Waals surface area contributed by atoms with Gasteiger partial charge in [0.2, 0.25) is 0 Å². The minimum Gasteiger partial charge on any atom is -0.462 e. The Kier molecular flexibility index (Phi) is 7.01. The van der Waals surface area contributed by atoms with Crippen molar-refractivity contribution < 1.29 is 23.9 Å². The van der Waals surface area contributed by atoms with Crippen molar-refractivity contribution in [3.63, 3.8) is 0 Å². The van der Waals surface area contributed by atoms with Gasteiger partial charge in [0.1, 0.15) is 6.54 Å². The fraction of sp³-hybridized carbons (Fsp3) is 0.316. The molecule has 0 aliphatic heterocycles. The topological polar surface area (TPSA) is 86.6 Å². The van der Waals surface area contributed by atoms with E-state index >= 15 is 0 Å². The smallest absolute Gasteiger partial charge is 0.339 e. The summed E-state index contributed by atoms with van der Waals surface area (Å²) in [5.74, 6) is -1.50. The van der Waals surface area contributed by atoms with Crippen molar-refractivity contribution in [2.75, 3.05) is 18.5 Å². The van der Waals surface area contributed by atoms with E-state index in [0.717, 1.165) is 5.69 Å². The maximum Gasteiger partial charge on any atom is 0.339 e. The summed E-state index contributed by atoms with van der Waals surface area (Å²) in [6, 6.07) is 8.30. The first-order valence-electron chi connectivity index (χ1n) is 8.36. The molecule has 0 saturated heterocycles. The second-order valence-electron chi connectivity index (χ2n) is 5.81. The molecule has 1 aromatic heterocycles. The van der Waals surface area contributed by atoms with Gasteiger partial charge >= 0.3 is 11.9 Å². The summed E-state index contributed by atoms with van der Waals surface area (Å²) in [6.45, 7) is 4.96. The van der Waals surface area contributed by atoms with Crippen LogP contribution < -0.4 is 5.32 Å². The minimum absolute atomic E-state index is 0.110. The summed E-state index contributed by atoms with van der Waals surface area (Å²) in [4.78, 5) is 35.9. The number of rotatable bonds is 7. The van der Waals surface area contributed by atoms with E-state index in [4.69, 9.17) is 21.1 Å². The Morgan fingerprint density at radius 3 is 2.56 bits per heavy atom. The largest absolute Gasteiger partial charge is 0.462 e. The van der Waals surface area contributed by atoms with Gasteiger partial charge in [-0.05, 0) is 45.0 Å². The van der Waals surface area contributed by atoms with Gasteiger partial charge in [-0.25, -0.2) is 4.79 Å². The zero-order chi connectivity index (χ0) is 20.0. The van der Waals surface area contributed by atoms with E-state index in [9.17, 15) is 14.4 Å². The zero-order valence-corrected chi connectivity index (χ0v) is 16.1. The van der Waals surface area contributed by atoms with E-state index < -0.39 is 24.5 Å². The van der Waals surface area contributed by atoms with Gasteiger partial charge in [-0.15, -0.1) is 0 Å². The maximum absolute atomic E-state index is 12.1. The van der Waals surface area contributed by atoms with E-state index in [1.807, 2.05) is 0 Å². The Labute approximate surface area is 162 Å². The fourth-order valence-electron chi connectivity index (χ4n) is 2.54. The van der Waals surface area contributed by atoms with Crippen LogP contribution in [0, 0.1) is 13.8 Å². The molecule has 144 valence electrons. The first-order chi connectivity index (χ1) is 12.8. The molecular weight excluding hydrogens is 372 g/mol. The summed E-state index contributed by atoms with van der Waals surface area (Å²) in [7, 11) is 0. The average Bonchev–Trinajstić information content (AvgIpc) is 2.88. The number of aromatic nitrogens is 1. The SMILES string of the molecule is CCOC(=O)c1cc(C)n(CC(=O)OCC(=O)Nc2cccc(Cl)c2)c1C. The number of carbonyl (C=O) groups is 3. The average molecular weight is 393 g/mol. The summed E-state index contributed by atoms with van der Waals surface area (Å²) in [5.41, 5.74) is 2.24. The highest BCUT2D eigenvalue weighted by Crippen LogP contribution is 2.17. The molecule has 1 N–H and O–H groups in total. The monoisotopic (exact) mass is 392 g/mol. The lowest BCUT2D eigenvalue weighted by Gasteiger charge is -2.10. The van der Waals surface area contributed by atoms with Crippen LogP contribution in [-0.4, -0.2) is 35.6 Å². The van der Waals surface area contributed by atoms with Crippen molar-refractivity contribution in [1.82, 2.24) is 4.57 Å². The number of aryl methyl sites for hydroxylation is 1. The third kappa shape index (κ3) is 5.59. The van der Waals surface area contributed by atoms with Crippen LogP contribution in [0.1, 0.15) is 28.7 Å². The van der Waals surface area contributed by atoms with Crippen LogP contribution in [0.3, 0.4) is 0 Å². The van der Waals surface area contributed by atoms with Gasteiger partial charge in [0.25, 0.3) is 5.91 Å². The van der Waals surface area contributed by atoms with E-state index in [1.165, 1.54) is 0 Å². The zero-order valence-electron chi connectivity index (χ0n) is 15.4. The lowest BCUT2D eigenvalue weighted by Crippen LogP contribution is -2.23. The number of esters is 2. The van der Waals surface area contributed by atoms with Crippen LogP contribution in [0.5, 0.6) is 0 Å². The molecule has 1 heterocycles. The number of nitrogens with zero attached hydrogens (tertiary/aromatic N) is 1. The number of hydrogen-bond donors (Lipinski definition) is 1. The number of hydrogen-bond acceptors (Lipinski definition) is 5. The Bertz CT molecular complexity index is 860. The van der Waals surface area contributed by atoms with Crippen LogP contribution >= 0.6 is 11.6 Å². The molecule has 8 heteroatoms. The molecule has 0 aliphatic rings. The molecule has 0 aliphatic carbocycles. The molecule has 0 unspecified atom stereocenters. The lowest BCUT2D eigenvalue weighted by atomic mass is 10.2. The molecular formula is C19H21ClN2O5. The first kappa shape index (κ1) is 20.5. The summed E-state index contributed by atoms with van der Waals surface area (Å²) < 4.78 is 11.7. The number of nitrogens with one attached hydrogen (secondary N) is 1. The number of carbonyl (C=O) groups excluding carboxylic acids is 3. The third-order valence-corrected chi connectivity index (χ3v) is 4.06. The minimum atomic E-state index is -0.589. The quantitative estimate of drug-likeness (QED) is 0.731. The molecule has 27 heavy (non-hydrogen) atoms. The highest BCUT2D eigenvalue weighted by Gasteiger charge is 2.19.